The Morgan fingerprint density at radius 3 is 2.57 bits per heavy atom. The summed E-state index contributed by atoms with van der Waals surface area (Å²) in [5.41, 5.74) is 3.41. The molecule has 0 saturated carbocycles. The minimum atomic E-state index is -3.72. The van der Waals surface area contributed by atoms with Crippen molar-refractivity contribution in [2.45, 2.75) is 38.2 Å². The highest BCUT2D eigenvalue weighted by Crippen LogP contribution is 2.31. The van der Waals surface area contributed by atoms with E-state index in [0.717, 1.165) is 24.0 Å². The number of para-hydroxylation sites is 1. The van der Waals surface area contributed by atoms with Crippen LogP contribution in [0.25, 0.3) is 0 Å². The van der Waals surface area contributed by atoms with Crippen LogP contribution in [0.1, 0.15) is 39.4 Å². The van der Waals surface area contributed by atoms with E-state index in [4.69, 9.17) is 9.26 Å². The van der Waals surface area contributed by atoms with Crippen LogP contribution in [0.3, 0.4) is 0 Å². The van der Waals surface area contributed by atoms with Crippen LogP contribution in [-0.2, 0) is 27.8 Å². The summed E-state index contributed by atoms with van der Waals surface area (Å²) in [6.07, 6.45) is 1.63. The van der Waals surface area contributed by atoms with Crippen molar-refractivity contribution in [3.05, 3.63) is 76.7 Å². The predicted molar refractivity (Wildman–Crippen MR) is 111 cm³/mol. The molecule has 156 valence electrons. The highest BCUT2D eigenvalue weighted by molar-refractivity contribution is 7.92. The van der Waals surface area contributed by atoms with E-state index < -0.39 is 16.0 Å². The third-order valence-electron chi connectivity index (χ3n) is 5.27. The molecule has 2 heterocycles. The SMILES string of the molecule is Cc1noc(C)c1COC(=O)c1ccc(S(=O)(=O)N2CCCc3ccccc32)cc1. The van der Waals surface area contributed by atoms with Crippen molar-refractivity contribution < 1.29 is 22.5 Å². The maximum absolute atomic E-state index is 13.2. The molecule has 2 aromatic carbocycles. The van der Waals surface area contributed by atoms with Gasteiger partial charge in [0.2, 0.25) is 0 Å². The van der Waals surface area contributed by atoms with Gasteiger partial charge >= 0.3 is 5.97 Å². The van der Waals surface area contributed by atoms with E-state index in [1.807, 2.05) is 24.3 Å². The summed E-state index contributed by atoms with van der Waals surface area (Å²) >= 11 is 0. The molecule has 0 aliphatic carbocycles. The van der Waals surface area contributed by atoms with Crippen LogP contribution in [-0.4, -0.2) is 26.1 Å². The number of hydrogen-bond donors (Lipinski definition) is 0. The van der Waals surface area contributed by atoms with Gasteiger partial charge in [0.1, 0.15) is 12.4 Å². The van der Waals surface area contributed by atoms with E-state index in [1.54, 1.807) is 13.8 Å². The minimum Gasteiger partial charge on any atom is -0.457 e. The van der Waals surface area contributed by atoms with E-state index in [-0.39, 0.29) is 17.1 Å². The molecule has 0 fully saturated rings. The molecular formula is C22H22N2O5S. The second kappa shape index (κ2) is 7.95. The number of fused-ring (bicyclic) bond motifs is 1. The van der Waals surface area contributed by atoms with E-state index in [0.29, 0.717) is 23.7 Å². The number of rotatable bonds is 5. The van der Waals surface area contributed by atoms with Crippen LogP contribution < -0.4 is 4.31 Å². The topological polar surface area (TPSA) is 89.7 Å². The van der Waals surface area contributed by atoms with Gasteiger partial charge in [0, 0.05) is 6.54 Å². The fourth-order valence-corrected chi connectivity index (χ4v) is 5.11. The van der Waals surface area contributed by atoms with E-state index in [2.05, 4.69) is 5.16 Å². The fourth-order valence-electron chi connectivity index (χ4n) is 3.57. The molecule has 30 heavy (non-hydrogen) atoms. The Morgan fingerprint density at radius 2 is 1.87 bits per heavy atom. The van der Waals surface area contributed by atoms with Gasteiger partial charge in [-0.2, -0.15) is 0 Å². The maximum atomic E-state index is 13.2. The van der Waals surface area contributed by atoms with Crippen LogP contribution >= 0.6 is 0 Å². The van der Waals surface area contributed by atoms with E-state index >= 15 is 0 Å². The summed E-state index contributed by atoms with van der Waals surface area (Å²) < 4.78 is 38.2. The number of carbonyl (C=O) groups is 1. The van der Waals surface area contributed by atoms with Gasteiger partial charge in [-0.15, -0.1) is 0 Å². The molecule has 4 rings (SSSR count). The van der Waals surface area contributed by atoms with Gasteiger partial charge in [-0.1, -0.05) is 23.4 Å². The van der Waals surface area contributed by atoms with Crippen molar-refractivity contribution in [3.8, 4) is 0 Å². The average molecular weight is 426 g/mol. The molecule has 0 bridgehead atoms. The average Bonchev–Trinajstić information content (AvgIpc) is 3.09. The number of hydrogen-bond acceptors (Lipinski definition) is 6. The molecule has 1 aliphatic heterocycles. The van der Waals surface area contributed by atoms with Crippen LogP contribution in [0.2, 0.25) is 0 Å². The summed E-state index contributed by atoms with van der Waals surface area (Å²) in [7, 11) is -3.72. The number of nitrogens with zero attached hydrogens (tertiary/aromatic N) is 2. The predicted octanol–water partition coefficient (Wildman–Crippen LogP) is 3.79. The van der Waals surface area contributed by atoms with Crippen molar-refractivity contribution in [2.24, 2.45) is 0 Å². The molecule has 0 unspecified atom stereocenters. The van der Waals surface area contributed by atoms with Gasteiger partial charge in [-0.25, -0.2) is 13.2 Å². The maximum Gasteiger partial charge on any atom is 0.338 e. The molecule has 1 aromatic heterocycles. The van der Waals surface area contributed by atoms with Crippen molar-refractivity contribution in [1.82, 2.24) is 5.16 Å². The van der Waals surface area contributed by atoms with Crippen molar-refractivity contribution >= 4 is 21.7 Å². The summed E-state index contributed by atoms with van der Waals surface area (Å²) in [6, 6.07) is 13.4. The zero-order valence-electron chi connectivity index (χ0n) is 16.8. The molecule has 0 radical (unpaired) electrons. The molecule has 0 spiro atoms. The van der Waals surface area contributed by atoms with Gasteiger partial charge in [-0.05, 0) is 62.6 Å². The summed E-state index contributed by atoms with van der Waals surface area (Å²) in [6.45, 7) is 4.00. The van der Waals surface area contributed by atoms with Gasteiger partial charge in [-0.3, -0.25) is 4.31 Å². The lowest BCUT2D eigenvalue weighted by atomic mass is 10.0. The Morgan fingerprint density at radius 1 is 1.13 bits per heavy atom. The smallest absolute Gasteiger partial charge is 0.338 e. The van der Waals surface area contributed by atoms with Crippen LogP contribution in [0.4, 0.5) is 5.69 Å². The highest BCUT2D eigenvalue weighted by Gasteiger charge is 2.29. The first-order chi connectivity index (χ1) is 14.4. The van der Waals surface area contributed by atoms with Crippen molar-refractivity contribution in [1.29, 1.82) is 0 Å². The number of carbonyl (C=O) groups excluding carboxylic acids is 1. The van der Waals surface area contributed by atoms with E-state index in [1.165, 1.54) is 28.6 Å². The lowest BCUT2D eigenvalue weighted by Crippen LogP contribution is -2.35. The van der Waals surface area contributed by atoms with Crippen molar-refractivity contribution in [3.63, 3.8) is 0 Å². The van der Waals surface area contributed by atoms with Gasteiger partial charge in [0.15, 0.2) is 0 Å². The molecule has 0 N–H and O–H groups in total. The summed E-state index contributed by atoms with van der Waals surface area (Å²) in [5, 5.41) is 3.83. The molecule has 3 aromatic rings. The Bertz CT molecular complexity index is 1160. The number of anilines is 1. The monoisotopic (exact) mass is 426 g/mol. The number of benzene rings is 2. The third kappa shape index (κ3) is 3.70. The first-order valence-electron chi connectivity index (χ1n) is 9.67. The summed E-state index contributed by atoms with van der Waals surface area (Å²) in [4.78, 5) is 12.5. The molecule has 7 nitrogen and oxygen atoms in total. The fraction of sp³-hybridized carbons (Fsp3) is 0.273. The Hall–Kier alpha value is -3.13. The second-order valence-electron chi connectivity index (χ2n) is 7.21. The normalized spacial score (nSPS) is 13.7. The Balaban J connectivity index is 1.51. The zero-order chi connectivity index (χ0) is 21.3. The third-order valence-corrected chi connectivity index (χ3v) is 7.10. The van der Waals surface area contributed by atoms with E-state index in [9.17, 15) is 13.2 Å². The second-order valence-corrected chi connectivity index (χ2v) is 9.07. The van der Waals surface area contributed by atoms with Gasteiger partial charge in [0.25, 0.3) is 10.0 Å². The Labute approximate surface area is 175 Å². The molecule has 0 saturated heterocycles. The first kappa shape index (κ1) is 20.2. The highest BCUT2D eigenvalue weighted by atomic mass is 32.2. The van der Waals surface area contributed by atoms with Gasteiger partial charge < -0.3 is 9.26 Å². The largest absolute Gasteiger partial charge is 0.457 e. The van der Waals surface area contributed by atoms with Crippen LogP contribution in [0.5, 0.6) is 0 Å². The number of sulfonamides is 1. The molecule has 0 atom stereocenters. The quantitative estimate of drug-likeness (QED) is 0.577. The Kier molecular flexibility index (Phi) is 5.34. The molecule has 8 heteroatoms. The number of aryl methyl sites for hydroxylation is 3. The van der Waals surface area contributed by atoms with Gasteiger partial charge in [0.05, 0.1) is 27.4 Å². The standard InChI is InChI=1S/C22H22N2O5S/c1-15-20(16(2)29-23-15)14-28-22(25)18-9-11-19(12-10-18)30(26,27)24-13-5-7-17-6-3-4-8-21(17)24/h3-4,6,8-12H,5,7,13-14H2,1-2H3. The minimum absolute atomic E-state index is 0.0462. The zero-order valence-corrected chi connectivity index (χ0v) is 17.6. The summed E-state index contributed by atoms with van der Waals surface area (Å²) in [5.74, 6) is 0.0609. The molecule has 1 aliphatic rings. The van der Waals surface area contributed by atoms with Crippen LogP contribution in [0, 0.1) is 13.8 Å². The van der Waals surface area contributed by atoms with Crippen molar-refractivity contribution in [2.75, 3.05) is 10.8 Å². The number of ether oxygens (including phenoxy) is 1. The lowest BCUT2D eigenvalue weighted by molar-refractivity contribution is 0.0470. The lowest BCUT2D eigenvalue weighted by Gasteiger charge is -2.30. The number of esters is 1. The number of aromatic nitrogens is 1. The molecular weight excluding hydrogens is 404 g/mol. The first-order valence-corrected chi connectivity index (χ1v) is 11.1. The molecule has 0 amide bonds. The van der Waals surface area contributed by atoms with Crippen LogP contribution in [0.15, 0.2) is 57.9 Å².